The van der Waals surface area contributed by atoms with Crippen molar-refractivity contribution in [1.29, 1.82) is 0 Å². The maximum atomic E-state index is 10.2. The quantitative estimate of drug-likeness (QED) is 0.553. The molecule has 3 aliphatic carbocycles. The lowest BCUT2D eigenvalue weighted by Gasteiger charge is -2.45. The first kappa shape index (κ1) is 25.2. The number of hydrogen-bond acceptors (Lipinski definition) is 4. The summed E-state index contributed by atoms with van der Waals surface area (Å²) >= 11 is 0. The van der Waals surface area contributed by atoms with Crippen LogP contribution >= 0.6 is 0 Å². The lowest BCUT2D eigenvalue weighted by Crippen LogP contribution is -2.48. The highest BCUT2D eigenvalue weighted by Crippen LogP contribution is 2.59. The van der Waals surface area contributed by atoms with Crippen LogP contribution in [0.3, 0.4) is 0 Å². The number of fused-ring (bicyclic) bond motifs is 1. The van der Waals surface area contributed by atoms with Gasteiger partial charge in [0.05, 0.1) is 24.4 Å². The Balaban J connectivity index is 1.39. The van der Waals surface area contributed by atoms with Gasteiger partial charge in [-0.2, -0.15) is 0 Å². The SMILES string of the molecule is C=C1[C@H](O)CC(=C/C=C2\CCC[C@]3(C)[C@@H]([C@H](C)CCN4CCOC(C)(C)C4)CC[C@@H]23)C[C@H]1O. The molecular weight excluding hydrogens is 410 g/mol. The molecule has 1 heterocycles. The zero-order valence-electron chi connectivity index (χ0n) is 21.5. The van der Waals surface area contributed by atoms with E-state index < -0.39 is 12.2 Å². The molecule has 0 aromatic carbocycles. The minimum atomic E-state index is -0.608. The second-order valence-corrected chi connectivity index (χ2v) is 12.3. The van der Waals surface area contributed by atoms with Gasteiger partial charge in [0.1, 0.15) is 0 Å². The average Bonchev–Trinajstić information content (AvgIpc) is 3.11. The molecule has 0 aromatic heterocycles. The molecule has 0 unspecified atom stereocenters. The van der Waals surface area contributed by atoms with Gasteiger partial charge in [-0.1, -0.05) is 43.7 Å². The molecule has 0 radical (unpaired) electrons. The normalized spacial score (nSPS) is 39.5. The number of nitrogens with zero attached hydrogens (tertiary/aromatic N) is 1. The molecule has 4 nitrogen and oxygen atoms in total. The largest absolute Gasteiger partial charge is 0.388 e. The molecule has 33 heavy (non-hydrogen) atoms. The highest BCUT2D eigenvalue weighted by atomic mass is 16.5. The Kier molecular flexibility index (Phi) is 7.60. The minimum absolute atomic E-state index is 0.0127. The predicted molar refractivity (Wildman–Crippen MR) is 135 cm³/mol. The number of ether oxygens (including phenoxy) is 1. The number of rotatable bonds is 5. The number of hydrogen-bond donors (Lipinski definition) is 2. The van der Waals surface area contributed by atoms with E-state index >= 15 is 0 Å². The second kappa shape index (κ2) is 9.97. The summed E-state index contributed by atoms with van der Waals surface area (Å²) in [7, 11) is 0. The first-order chi connectivity index (χ1) is 15.6. The molecule has 4 aliphatic rings. The molecule has 4 rings (SSSR count). The van der Waals surface area contributed by atoms with E-state index in [1.807, 2.05) is 0 Å². The summed E-state index contributed by atoms with van der Waals surface area (Å²) in [5.41, 5.74) is 3.72. The third-order valence-corrected chi connectivity index (χ3v) is 9.43. The van der Waals surface area contributed by atoms with Crippen LogP contribution in [-0.2, 0) is 4.74 Å². The minimum Gasteiger partial charge on any atom is -0.388 e. The summed E-state index contributed by atoms with van der Waals surface area (Å²) in [4.78, 5) is 2.61. The van der Waals surface area contributed by atoms with Gasteiger partial charge >= 0.3 is 0 Å². The van der Waals surface area contributed by atoms with E-state index in [1.165, 1.54) is 45.1 Å². The molecule has 0 aromatic rings. The summed E-state index contributed by atoms with van der Waals surface area (Å²) in [6.07, 6.45) is 12.3. The average molecular weight is 458 g/mol. The van der Waals surface area contributed by atoms with E-state index in [0.29, 0.717) is 29.7 Å². The maximum Gasteiger partial charge on any atom is 0.0809 e. The van der Waals surface area contributed by atoms with Crippen LogP contribution in [0.5, 0.6) is 0 Å². The summed E-state index contributed by atoms with van der Waals surface area (Å²) in [5, 5.41) is 20.4. The fourth-order valence-electron chi connectivity index (χ4n) is 7.53. The highest BCUT2D eigenvalue weighted by Gasteiger charge is 2.50. The Morgan fingerprint density at radius 1 is 1.15 bits per heavy atom. The third-order valence-electron chi connectivity index (χ3n) is 9.43. The fraction of sp³-hybridized carbons (Fsp3) is 0.793. The van der Waals surface area contributed by atoms with Gasteiger partial charge in [-0.15, -0.1) is 0 Å². The molecule has 4 heteroatoms. The zero-order valence-corrected chi connectivity index (χ0v) is 21.5. The Morgan fingerprint density at radius 3 is 2.58 bits per heavy atom. The van der Waals surface area contributed by atoms with Crippen molar-refractivity contribution < 1.29 is 14.9 Å². The van der Waals surface area contributed by atoms with Crippen LogP contribution in [0.2, 0.25) is 0 Å². The molecule has 4 fully saturated rings. The maximum absolute atomic E-state index is 10.2. The fourth-order valence-corrected chi connectivity index (χ4v) is 7.53. The van der Waals surface area contributed by atoms with Crippen LogP contribution in [0.15, 0.2) is 35.5 Å². The van der Waals surface area contributed by atoms with E-state index in [4.69, 9.17) is 4.74 Å². The smallest absolute Gasteiger partial charge is 0.0809 e. The van der Waals surface area contributed by atoms with Crippen molar-refractivity contribution >= 4 is 0 Å². The molecule has 0 bridgehead atoms. The number of morpholine rings is 1. The monoisotopic (exact) mass is 457 g/mol. The predicted octanol–water partition coefficient (Wildman–Crippen LogP) is 5.26. The Labute approximate surface area is 201 Å². The van der Waals surface area contributed by atoms with Crippen LogP contribution in [0.25, 0.3) is 0 Å². The molecule has 1 saturated heterocycles. The first-order valence-electron chi connectivity index (χ1n) is 13.4. The second-order valence-electron chi connectivity index (χ2n) is 12.3. The molecule has 6 atom stereocenters. The molecular formula is C29H47NO3. The van der Waals surface area contributed by atoms with E-state index in [2.05, 4.69) is 51.3 Å². The molecule has 186 valence electrons. The summed E-state index contributed by atoms with van der Waals surface area (Å²) in [6.45, 7) is 17.5. The van der Waals surface area contributed by atoms with Gasteiger partial charge in [-0.25, -0.2) is 0 Å². The summed E-state index contributed by atoms with van der Waals surface area (Å²) in [5.74, 6) is 2.24. The van der Waals surface area contributed by atoms with Crippen LogP contribution < -0.4 is 0 Å². The molecule has 2 N–H and O–H groups in total. The van der Waals surface area contributed by atoms with Crippen molar-refractivity contribution in [3.8, 4) is 0 Å². The van der Waals surface area contributed by atoms with Crippen LogP contribution in [0.1, 0.15) is 79.1 Å². The van der Waals surface area contributed by atoms with Crippen molar-refractivity contribution in [2.45, 2.75) is 96.9 Å². The van der Waals surface area contributed by atoms with Gasteiger partial charge in [0.2, 0.25) is 0 Å². The molecule has 3 saturated carbocycles. The van der Waals surface area contributed by atoms with E-state index in [-0.39, 0.29) is 5.60 Å². The lowest BCUT2D eigenvalue weighted by molar-refractivity contribution is -0.0874. The number of aliphatic hydroxyl groups is 2. The number of aliphatic hydroxyl groups excluding tert-OH is 2. The lowest BCUT2D eigenvalue weighted by atomic mass is 9.61. The highest BCUT2D eigenvalue weighted by molar-refractivity contribution is 5.29. The Hall–Kier alpha value is -0.940. The van der Waals surface area contributed by atoms with Gasteiger partial charge < -0.3 is 14.9 Å². The van der Waals surface area contributed by atoms with Crippen LogP contribution in [0.4, 0.5) is 0 Å². The van der Waals surface area contributed by atoms with E-state index in [0.717, 1.165) is 37.1 Å². The van der Waals surface area contributed by atoms with E-state index in [1.54, 1.807) is 5.57 Å². The molecule has 0 amide bonds. The Morgan fingerprint density at radius 2 is 1.88 bits per heavy atom. The van der Waals surface area contributed by atoms with Gasteiger partial charge in [0.25, 0.3) is 0 Å². The van der Waals surface area contributed by atoms with Crippen LogP contribution in [-0.4, -0.2) is 59.2 Å². The van der Waals surface area contributed by atoms with Gasteiger partial charge in [0.15, 0.2) is 0 Å². The van der Waals surface area contributed by atoms with Crippen molar-refractivity contribution in [3.63, 3.8) is 0 Å². The van der Waals surface area contributed by atoms with Crippen molar-refractivity contribution in [2.75, 3.05) is 26.2 Å². The van der Waals surface area contributed by atoms with Gasteiger partial charge in [-0.3, -0.25) is 4.90 Å². The third kappa shape index (κ3) is 5.50. The number of allylic oxidation sites excluding steroid dienone is 3. The van der Waals surface area contributed by atoms with Gasteiger partial charge in [0, 0.05) is 13.1 Å². The topological polar surface area (TPSA) is 52.9 Å². The van der Waals surface area contributed by atoms with Crippen molar-refractivity contribution in [3.05, 3.63) is 35.5 Å². The summed E-state index contributed by atoms with van der Waals surface area (Å²) < 4.78 is 5.90. The molecule has 0 spiro atoms. The Bertz CT molecular complexity index is 768. The van der Waals surface area contributed by atoms with Crippen LogP contribution in [0, 0.1) is 23.2 Å². The van der Waals surface area contributed by atoms with Crippen molar-refractivity contribution in [2.24, 2.45) is 23.2 Å². The summed E-state index contributed by atoms with van der Waals surface area (Å²) in [6, 6.07) is 0. The standard InChI is InChI=1S/C29H47NO3/c1-20(12-14-30-15-16-33-28(3,4)19-30)24-10-11-25-23(7-6-13-29(24,25)5)9-8-22-17-26(31)21(2)27(32)18-22/h8-9,20,24-27,31-32H,2,6-7,10-19H2,1,3-5H3/b23-9+/t20-,24-,25+,26-,27-,29-/m1/s1. The van der Waals surface area contributed by atoms with Gasteiger partial charge in [-0.05, 0) is 101 Å². The van der Waals surface area contributed by atoms with Crippen molar-refractivity contribution in [1.82, 2.24) is 4.90 Å². The van der Waals surface area contributed by atoms with E-state index in [9.17, 15) is 10.2 Å². The zero-order chi connectivity index (χ0) is 23.8. The first-order valence-corrected chi connectivity index (χ1v) is 13.4. The molecule has 1 aliphatic heterocycles.